The summed E-state index contributed by atoms with van der Waals surface area (Å²) in [4.78, 5) is 17.0. The summed E-state index contributed by atoms with van der Waals surface area (Å²) in [5.41, 5.74) is 3.33. The molecule has 0 saturated heterocycles. The molecule has 0 bridgehead atoms. The van der Waals surface area contributed by atoms with Gasteiger partial charge in [-0.1, -0.05) is 41.7 Å². The number of carbonyl (C=O) groups is 1. The van der Waals surface area contributed by atoms with E-state index in [1.54, 1.807) is 7.11 Å². The molecule has 0 fully saturated rings. The van der Waals surface area contributed by atoms with Gasteiger partial charge in [0.2, 0.25) is 0 Å². The largest absolute Gasteiger partial charge is 0.497 e. The molecule has 2 aromatic carbocycles. The van der Waals surface area contributed by atoms with Gasteiger partial charge in [-0.05, 0) is 56.2 Å². The van der Waals surface area contributed by atoms with Crippen LogP contribution in [0, 0.1) is 0 Å². The standard InChI is InChI=1S/C21H23N3O2S/c1-13(2)14-7-6-8-15(11-14)21(3,4)24-19(25)23-20-22-17-10-9-16(26-5)12-18(17)27-20/h6-12H,1H2,2-5H3,(H2,22,23,24,25). The van der Waals surface area contributed by atoms with Gasteiger partial charge in [-0.15, -0.1) is 0 Å². The Balaban J connectivity index is 1.74. The number of aromatic nitrogens is 1. The van der Waals surface area contributed by atoms with Gasteiger partial charge in [0.1, 0.15) is 5.75 Å². The lowest BCUT2D eigenvalue weighted by atomic mass is 9.92. The number of methoxy groups -OCH3 is 1. The normalized spacial score (nSPS) is 11.3. The van der Waals surface area contributed by atoms with Gasteiger partial charge in [-0.3, -0.25) is 5.32 Å². The number of hydrogen-bond acceptors (Lipinski definition) is 4. The molecule has 3 rings (SSSR count). The van der Waals surface area contributed by atoms with Crippen LogP contribution in [-0.2, 0) is 5.54 Å². The zero-order chi connectivity index (χ0) is 19.6. The number of urea groups is 1. The number of carbonyl (C=O) groups excluding carboxylic acids is 1. The Labute approximate surface area is 163 Å². The molecule has 0 unspecified atom stereocenters. The molecule has 3 aromatic rings. The smallest absolute Gasteiger partial charge is 0.321 e. The maximum absolute atomic E-state index is 12.5. The summed E-state index contributed by atoms with van der Waals surface area (Å²) in [6.07, 6.45) is 0. The highest BCUT2D eigenvalue weighted by atomic mass is 32.1. The fourth-order valence-electron chi connectivity index (χ4n) is 2.74. The van der Waals surface area contributed by atoms with Crippen molar-refractivity contribution in [2.24, 2.45) is 0 Å². The number of amides is 2. The summed E-state index contributed by atoms with van der Waals surface area (Å²) in [7, 11) is 1.62. The topological polar surface area (TPSA) is 63.2 Å². The van der Waals surface area contributed by atoms with Crippen LogP contribution in [0.15, 0.2) is 49.0 Å². The Morgan fingerprint density at radius 1 is 1.22 bits per heavy atom. The molecule has 2 amide bonds. The monoisotopic (exact) mass is 381 g/mol. The molecule has 1 aromatic heterocycles. The number of rotatable bonds is 5. The molecule has 2 N–H and O–H groups in total. The molecular weight excluding hydrogens is 358 g/mol. The fraction of sp³-hybridized carbons (Fsp3) is 0.238. The summed E-state index contributed by atoms with van der Waals surface area (Å²) in [6.45, 7) is 9.88. The van der Waals surface area contributed by atoms with E-state index >= 15 is 0 Å². The van der Waals surface area contributed by atoms with Crippen molar-refractivity contribution in [1.29, 1.82) is 0 Å². The minimum absolute atomic E-state index is 0.299. The van der Waals surface area contributed by atoms with Crippen LogP contribution in [0.1, 0.15) is 31.9 Å². The highest BCUT2D eigenvalue weighted by Crippen LogP contribution is 2.29. The molecular formula is C21H23N3O2S. The number of fused-ring (bicyclic) bond motifs is 1. The highest BCUT2D eigenvalue weighted by molar-refractivity contribution is 7.22. The van der Waals surface area contributed by atoms with E-state index in [0.29, 0.717) is 5.13 Å². The van der Waals surface area contributed by atoms with E-state index in [1.807, 2.05) is 63.2 Å². The number of anilines is 1. The summed E-state index contributed by atoms with van der Waals surface area (Å²) < 4.78 is 6.18. The van der Waals surface area contributed by atoms with Gasteiger partial charge in [0.05, 0.1) is 22.9 Å². The minimum Gasteiger partial charge on any atom is -0.497 e. The van der Waals surface area contributed by atoms with E-state index < -0.39 is 5.54 Å². The highest BCUT2D eigenvalue weighted by Gasteiger charge is 2.23. The second kappa shape index (κ2) is 7.40. The van der Waals surface area contributed by atoms with Crippen LogP contribution in [0.3, 0.4) is 0 Å². The van der Waals surface area contributed by atoms with Crippen molar-refractivity contribution >= 4 is 38.3 Å². The predicted molar refractivity (Wildman–Crippen MR) is 113 cm³/mol. The molecule has 0 spiro atoms. The maximum atomic E-state index is 12.5. The second-order valence-corrected chi connectivity index (χ2v) is 7.95. The Morgan fingerprint density at radius 2 is 2.00 bits per heavy atom. The first kappa shape index (κ1) is 18.9. The van der Waals surface area contributed by atoms with Crippen LogP contribution in [0.25, 0.3) is 15.8 Å². The summed E-state index contributed by atoms with van der Waals surface area (Å²) in [5.74, 6) is 0.765. The van der Waals surface area contributed by atoms with E-state index in [0.717, 1.165) is 32.7 Å². The summed E-state index contributed by atoms with van der Waals surface area (Å²) in [5, 5.41) is 6.39. The lowest BCUT2D eigenvalue weighted by molar-refractivity contribution is 0.242. The molecule has 6 heteroatoms. The number of benzene rings is 2. The molecule has 0 radical (unpaired) electrons. The Kier molecular flexibility index (Phi) is 5.19. The second-order valence-electron chi connectivity index (χ2n) is 6.92. The summed E-state index contributed by atoms with van der Waals surface area (Å²) >= 11 is 1.41. The van der Waals surface area contributed by atoms with Crippen LogP contribution >= 0.6 is 11.3 Å². The fourth-order valence-corrected chi connectivity index (χ4v) is 3.63. The van der Waals surface area contributed by atoms with Crippen molar-refractivity contribution in [3.8, 4) is 5.75 Å². The maximum Gasteiger partial charge on any atom is 0.321 e. The quantitative estimate of drug-likeness (QED) is 0.622. The molecule has 0 aliphatic rings. The van der Waals surface area contributed by atoms with Crippen LogP contribution in [0.4, 0.5) is 9.93 Å². The van der Waals surface area contributed by atoms with Gasteiger partial charge >= 0.3 is 6.03 Å². The van der Waals surface area contributed by atoms with Crippen LogP contribution in [-0.4, -0.2) is 18.1 Å². The number of hydrogen-bond donors (Lipinski definition) is 2. The zero-order valence-electron chi connectivity index (χ0n) is 15.9. The Morgan fingerprint density at radius 3 is 2.70 bits per heavy atom. The molecule has 0 atom stereocenters. The van der Waals surface area contributed by atoms with Crippen molar-refractivity contribution in [3.05, 3.63) is 60.2 Å². The van der Waals surface area contributed by atoms with Gasteiger partial charge in [0.25, 0.3) is 0 Å². The van der Waals surface area contributed by atoms with E-state index in [9.17, 15) is 4.79 Å². The van der Waals surface area contributed by atoms with E-state index in [-0.39, 0.29) is 6.03 Å². The average Bonchev–Trinajstić information content (AvgIpc) is 3.02. The van der Waals surface area contributed by atoms with Crippen molar-refractivity contribution in [1.82, 2.24) is 10.3 Å². The first-order valence-corrected chi connectivity index (χ1v) is 9.40. The van der Waals surface area contributed by atoms with E-state index in [4.69, 9.17) is 4.74 Å². The Bertz CT molecular complexity index is 1010. The van der Waals surface area contributed by atoms with Crippen molar-refractivity contribution in [2.75, 3.05) is 12.4 Å². The van der Waals surface area contributed by atoms with Gasteiger partial charge in [0.15, 0.2) is 5.13 Å². The van der Waals surface area contributed by atoms with Crippen molar-refractivity contribution < 1.29 is 9.53 Å². The number of nitrogens with zero attached hydrogens (tertiary/aromatic N) is 1. The molecule has 0 aliphatic carbocycles. The molecule has 0 saturated carbocycles. The van der Waals surface area contributed by atoms with Crippen LogP contribution in [0.5, 0.6) is 5.75 Å². The Hall–Kier alpha value is -2.86. The number of nitrogens with one attached hydrogen (secondary N) is 2. The minimum atomic E-state index is -0.546. The molecule has 27 heavy (non-hydrogen) atoms. The molecule has 140 valence electrons. The zero-order valence-corrected chi connectivity index (χ0v) is 16.7. The SMILES string of the molecule is C=C(C)c1cccc(C(C)(C)NC(=O)Nc2nc3ccc(OC)cc3s2)c1. The third kappa shape index (κ3) is 4.28. The summed E-state index contributed by atoms with van der Waals surface area (Å²) in [6, 6.07) is 13.4. The van der Waals surface area contributed by atoms with Crippen LogP contribution < -0.4 is 15.4 Å². The van der Waals surface area contributed by atoms with Gasteiger partial charge < -0.3 is 10.1 Å². The molecule has 5 nitrogen and oxygen atoms in total. The van der Waals surface area contributed by atoms with E-state index in [2.05, 4.69) is 22.2 Å². The number of allylic oxidation sites excluding steroid dienone is 1. The van der Waals surface area contributed by atoms with Gasteiger partial charge in [-0.2, -0.15) is 0 Å². The predicted octanol–water partition coefficient (Wildman–Crippen LogP) is 5.39. The van der Waals surface area contributed by atoms with E-state index in [1.165, 1.54) is 11.3 Å². The molecule has 1 heterocycles. The van der Waals surface area contributed by atoms with Gasteiger partial charge in [0, 0.05) is 0 Å². The average molecular weight is 382 g/mol. The first-order chi connectivity index (χ1) is 12.8. The van der Waals surface area contributed by atoms with Crippen molar-refractivity contribution in [2.45, 2.75) is 26.3 Å². The molecule has 0 aliphatic heterocycles. The van der Waals surface area contributed by atoms with Crippen LogP contribution in [0.2, 0.25) is 0 Å². The number of thiazole rings is 1. The number of ether oxygens (including phenoxy) is 1. The van der Waals surface area contributed by atoms with Crippen molar-refractivity contribution in [3.63, 3.8) is 0 Å². The third-order valence-corrected chi connectivity index (χ3v) is 5.25. The first-order valence-electron chi connectivity index (χ1n) is 8.58. The third-order valence-electron chi connectivity index (χ3n) is 4.32. The van der Waals surface area contributed by atoms with Gasteiger partial charge in [-0.25, -0.2) is 9.78 Å². The lowest BCUT2D eigenvalue weighted by Gasteiger charge is -2.27. The lowest BCUT2D eigenvalue weighted by Crippen LogP contribution is -2.43.